The zero-order chi connectivity index (χ0) is 20.8. The number of halogens is 4. The Kier molecular flexibility index (Phi) is 4.75. The van der Waals surface area contributed by atoms with Gasteiger partial charge in [-0.15, -0.1) is 0 Å². The highest BCUT2D eigenvalue weighted by molar-refractivity contribution is 7.19. The lowest BCUT2D eigenvalue weighted by Gasteiger charge is -2.14. The Balaban J connectivity index is 1.70. The highest BCUT2D eigenvalue weighted by Gasteiger charge is 2.30. The summed E-state index contributed by atoms with van der Waals surface area (Å²) in [6, 6.07) is 4.73. The van der Waals surface area contributed by atoms with Gasteiger partial charge in [0, 0.05) is 18.8 Å². The maximum absolute atomic E-state index is 12.8. The van der Waals surface area contributed by atoms with Crippen molar-refractivity contribution >= 4 is 39.5 Å². The minimum absolute atomic E-state index is 0.135. The van der Waals surface area contributed by atoms with E-state index in [1.807, 2.05) is 0 Å². The number of fused-ring (bicyclic) bond motifs is 1. The summed E-state index contributed by atoms with van der Waals surface area (Å²) in [5, 5.41) is 0.551. The predicted octanol–water partition coefficient (Wildman–Crippen LogP) is 4.80. The second kappa shape index (κ2) is 7.12. The molecule has 1 amide bonds. The third-order valence-corrected chi connectivity index (χ3v) is 5.41. The van der Waals surface area contributed by atoms with Crippen LogP contribution in [0.1, 0.15) is 16.1 Å². The number of anilines is 1. The van der Waals surface area contributed by atoms with Crippen LogP contribution in [0, 0.1) is 0 Å². The maximum atomic E-state index is 12.8. The van der Waals surface area contributed by atoms with Gasteiger partial charge in [-0.25, -0.2) is 15.0 Å². The fourth-order valence-corrected chi connectivity index (χ4v) is 3.60. The quantitative estimate of drug-likeness (QED) is 0.462. The molecule has 0 bridgehead atoms. The lowest BCUT2D eigenvalue weighted by molar-refractivity contribution is -0.137. The third kappa shape index (κ3) is 3.68. The molecule has 1 aromatic carbocycles. The molecule has 0 atom stereocenters. The number of amides is 1. The van der Waals surface area contributed by atoms with Gasteiger partial charge in [0.25, 0.3) is 5.91 Å². The first kappa shape index (κ1) is 19.3. The van der Waals surface area contributed by atoms with Crippen molar-refractivity contribution in [1.29, 1.82) is 0 Å². The zero-order valence-electron chi connectivity index (χ0n) is 14.7. The largest absolute Gasteiger partial charge is 0.416 e. The fraction of sp³-hybridized carbons (Fsp3) is 0.111. The van der Waals surface area contributed by atoms with Crippen LogP contribution in [0.25, 0.3) is 16.9 Å². The fourth-order valence-electron chi connectivity index (χ4n) is 2.72. The summed E-state index contributed by atoms with van der Waals surface area (Å²) in [5.74, 6) is -0.390. The molecule has 6 nitrogen and oxygen atoms in total. The van der Waals surface area contributed by atoms with E-state index in [9.17, 15) is 18.0 Å². The lowest BCUT2D eigenvalue weighted by atomic mass is 10.1. The van der Waals surface area contributed by atoms with E-state index in [1.54, 1.807) is 11.4 Å². The smallest absolute Gasteiger partial charge is 0.300 e. The summed E-state index contributed by atoms with van der Waals surface area (Å²) in [6.07, 6.45) is 1.51. The maximum Gasteiger partial charge on any atom is 0.416 e. The third-order valence-electron chi connectivity index (χ3n) is 4.22. The standard InChI is InChI=1S/C18H11ClF3N5OS/c1-26(15-8-25-17(19)29-15)16(28)12-9-27-13(6-24-14(27)7-23-12)10-2-4-11(5-3-10)18(20,21)22/h2-9H,1H3. The van der Waals surface area contributed by atoms with E-state index >= 15 is 0 Å². The molecule has 0 N–H and O–H groups in total. The van der Waals surface area contributed by atoms with Crippen LogP contribution < -0.4 is 4.90 Å². The van der Waals surface area contributed by atoms with E-state index in [4.69, 9.17) is 11.6 Å². The van der Waals surface area contributed by atoms with Crippen LogP contribution in [-0.4, -0.2) is 32.3 Å². The van der Waals surface area contributed by atoms with Crippen LogP contribution in [-0.2, 0) is 6.18 Å². The number of benzene rings is 1. The summed E-state index contributed by atoms with van der Waals surface area (Å²) in [4.78, 5) is 26.4. The van der Waals surface area contributed by atoms with Crippen molar-refractivity contribution < 1.29 is 18.0 Å². The van der Waals surface area contributed by atoms with Gasteiger partial charge in [-0.1, -0.05) is 35.1 Å². The van der Waals surface area contributed by atoms with Gasteiger partial charge < -0.3 is 4.90 Å². The van der Waals surface area contributed by atoms with E-state index in [-0.39, 0.29) is 11.6 Å². The number of thiazole rings is 1. The Bertz CT molecular complexity index is 1200. The number of carbonyl (C=O) groups is 1. The summed E-state index contributed by atoms with van der Waals surface area (Å²) < 4.78 is 40.3. The Morgan fingerprint density at radius 1 is 1.10 bits per heavy atom. The van der Waals surface area contributed by atoms with Crippen molar-refractivity contribution in [2.45, 2.75) is 6.18 Å². The summed E-state index contributed by atoms with van der Waals surface area (Å²) in [7, 11) is 1.57. The number of carbonyl (C=O) groups excluding carboxylic acids is 1. The second-order valence-electron chi connectivity index (χ2n) is 6.03. The van der Waals surface area contributed by atoms with E-state index < -0.39 is 11.7 Å². The molecule has 3 heterocycles. The van der Waals surface area contributed by atoms with Gasteiger partial charge in [0.05, 0.1) is 29.8 Å². The number of imidazole rings is 1. The van der Waals surface area contributed by atoms with Crippen molar-refractivity contribution in [1.82, 2.24) is 19.4 Å². The first-order chi connectivity index (χ1) is 13.7. The van der Waals surface area contributed by atoms with Crippen molar-refractivity contribution in [3.05, 3.63) is 64.8 Å². The van der Waals surface area contributed by atoms with Crippen LogP contribution in [0.3, 0.4) is 0 Å². The first-order valence-electron chi connectivity index (χ1n) is 8.14. The monoisotopic (exact) mass is 437 g/mol. The minimum Gasteiger partial charge on any atom is -0.300 e. The van der Waals surface area contributed by atoms with Gasteiger partial charge in [-0.3, -0.25) is 9.20 Å². The number of rotatable bonds is 3. The van der Waals surface area contributed by atoms with E-state index in [0.29, 0.717) is 26.4 Å². The van der Waals surface area contributed by atoms with Gasteiger partial charge in [-0.05, 0) is 12.1 Å². The second-order valence-corrected chi connectivity index (χ2v) is 7.63. The van der Waals surface area contributed by atoms with E-state index in [2.05, 4.69) is 15.0 Å². The molecule has 0 aliphatic heterocycles. The molecule has 3 aromatic heterocycles. The molecule has 11 heteroatoms. The molecular weight excluding hydrogens is 427 g/mol. The van der Waals surface area contributed by atoms with Gasteiger partial charge in [0.1, 0.15) is 10.7 Å². The van der Waals surface area contributed by atoms with Crippen molar-refractivity contribution in [2.75, 3.05) is 11.9 Å². The number of nitrogens with zero attached hydrogens (tertiary/aromatic N) is 5. The molecule has 148 valence electrons. The molecule has 0 aliphatic carbocycles. The topological polar surface area (TPSA) is 63.4 Å². The molecule has 4 rings (SSSR count). The zero-order valence-corrected chi connectivity index (χ0v) is 16.3. The van der Waals surface area contributed by atoms with Crippen molar-refractivity contribution in [3.63, 3.8) is 0 Å². The lowest BCUT2D eigenvalue weighted by Crippen LogP contribution is -2.26. The molecule has 0 unspecified atom stereocenters. The number of aromatic nitrogens is 4. The van der Waals surface area contributed by atoms with Gasteiger partial charge >= 0.3 is 6.18 Å². The number of hydrogen-bond donors (Lipinski definition) is 0. The predicted molar refractivity (Wildman–Crippen MR) is 103 cm³/mol. The average molecular weight is 438 g/mol. The van der Waals surface area contributed by atoms with E-state index in [0.717, 1.165) is 23.5 Å². The molecule has 4 aromatic rings. The molecule has 0 radical (unpaired) electrons. The Morgan fingerprint density at radius 3 is 2.45 bits per heavy atom. The molecule has 0 spiro atoms. The van der Waals surface area contributed by atoms with Gasteiger partial charge in [0.15, 0.2) is 10.1 Å². The minimum atomic E-state index is -4.41. The Hall–Kier alpha value is -2.98. The first-order valence-corrected chi connectivity index (χ1v) is 9.33. The van der Waals surface area contributed by atoms with Crippen LogP contribution in [0.15, 0.2) is 49.1 Å². The van der Waals surface area contributed by atoms with Crippen LogP contribution in [0.2, 0.25) is 4.47 Å². The summed E-state index contributed by atoms with van der Waals surface area (Å²) >= 11 is 6.97. The molecule has 0 saturated carbocycles. The highest BCUT2D eigenvalue weighted by Crippen LogP contribution is 2.31. The summed E-state index contributed by atoms with van der Waals surface area (Å²) in [6.45, 7) is 0. The number of hydrogen-bond acceptors (Lipinski definition) is 5. The van der Waals surface area contributed by atoms with Gasteiger partial charge in [-0.2, -0.15) is 13.2 Å². The normalized spacial score (nSPS) is 11.8. The van der Waals surface area contributed by atoms with Crippen LogP contribution in [0.4, 0.5) is 18.2 Å². The SMILES string of the molecule is CN(C(=O)c1cn2c(-c3ccc(C(F)(F)F)cc3)cnc2cn1)c1cnc(Cl)s1. The Morgan fingerprint density at radius 2 is 1.83 bits per heavy atom. The summed E-state index contributed by atoms with van der Waals surface area (Å²) in [5.41, 5.74) is 0.916. The van der Waals surface area contributed by atoms with Crippen molar-refractivity contribution in [2.24, 2.45) is 0 Å². The molecule has 0 fully saturated rings. The van der Waals surface area contributed by atoms with Crippen LogP contribution >= 0.6 is 22.9 Å². The van der Waals surface area contributed by atoms with Gasteiger partial charge in [0.2, 0.25) is 0 Å². The molecule has 0 saturated heterocycles. The average Bonchev–Trinajstić information content (AvgIpc) is 3.32. The Labute approximate surface area is 171 Å². The van der Waals surface area contributed by atoms with Crippen LogP contribution in [0.5, 0.6) is 0 Å². The molecule has 0 aliphatic rings. The molecular formula is C18H11ClF3N5OS. The number of alkyl halides is 3. The van der Waals surface area contributed by atoms with E-state index in [1.165, 1.54) is 41.8 Å². The van der Waals surface area contributed by atoms with Crippen molar-refractivity contribution in [3.8, 4) is 11.3 Å². The molecule has 29 heavy (non-hydrogen) atoms. The highest BCUT2D eigenvalue weighted by atomic mass is 35.5.